The summed E-state index contributed by atoms with van der Waals surface area (Å²) in [5.74, 6) is 0.0442. The molecule has 3 rings (SSSR count). The van der Waals surface area contributed by atoms with Crippen molar-refractivity contribution >= 4 is 29.5 Å². The molecule has 1 heterocycles. The number of fused-ring (bicyclic) bond motifs is 1. The maximum absolute atomic E-state index is 13.2. The van der Waals surface area contributed by atoms with E-state index in [9.17, 15) is 9.59 Å². The average Bonchev–Trinajstić information content (AvgIpc) is 2.99. The minimum absolute atomic E-state index is 0.0470. The number of carbonyl (C=O) groups excluding carboxylic acids is 2. The number of nitrogens with two attached hydrogens (primary N) is 1. The minimum Gasteiger partial charge on any atom is -0.469 e. The van der Waals surface area contributed by atoms with Crippen molar-refractivity contribution < 1.29 is 19.4 Å². The van der Waals surface area contributed by atoms with Crippen molar-refractivity contribution in [3.8, 4) is 11.1 Å². The Morgan fingerprint density at radius 2 is 1.85 bits per heavy atom. The van der Waals surface area contributed by atoms with Gasteiger partial charge in [0.05, 0.1) is 19.2 Å². The first-order valence-corrected chi connectivity index (χ1v) is 11.2. The Kier molecular flexibility index (Phi) is 8.38. The van der Waals surface area contributed by atoms with Crippen LogP contribution >= 0.6 is 0 Å². The van der Waals surface area contributed by atoms with Gasteiger partial charge in [0, 0.05) is 37.3 Å². The highest BCUT2D eigenvalue weighted by atomic mass is 16.5. The Labute approximate surface area is 194 Å². The van der Waals surface area contributed by atoms with E-state index >= 15 is 0 Å². The Morgan fingerprint density at radius 3 is 2.52 bits per heavy atom. The van der Waals surface area contributed by atoms with Crippen molar-refractivity contribution in [3.05, 3.63) is 59.2 Å². The minimum atomic E-state index is -0.274. The lowest BCUT2D eigenvalue weighted by atomic mass is 9.99. The maximum Gasteiger partial charge on any atom is 0.309 e. The second-order valence-electron chi connectivity index (χ2n) is 8.04. The molecule has 1 aliphatic heterocycles. The molecule has 2 aromatic carbocycles. The number of aliphatic hydroxyl groups excluding tert-OH is 1. The first kappa shape index (κ1) is 24.2. The van der Waals surface area contributed by atoms with E-state index in [0.717, 1.165) is 28.7 Å². The van der Waals surface area contributed by atoms with Gasteiger partial charge in [0.1, 0.15) is 5.84 Å². The van der Waals surface area contributed by atoms with Crippen molar-refractivity contribution in [2.24, 2.45) is 10.7 Å². The van der Waals surface area contributed by atoms with Gasteiger partial charge in [0.25, 0.3) is 0 Å². The predicted molar refractivity (Wildman–Crippen MR) is 130 cm³/mol. The van der Waals surface area contributed by atoms with Crippen molar-refractivity contribution in [3.63, 3.8) is 0 Å². The molecule has 0 radical (unpaired) electrons. The standard InChI is InChI=1S/C26H31N3O4/c1-3-11-29(12-4-13-30)26(32)22-15-21-10-9-20(16-23(21)28-24(27)17-22)19-7-5-18(6-8-19)14-25(31)33-2/h5-10,15-16,30H,3-4,11-14,17H2,1-2H3,(H2,27,28). The maximum atomic E-state index is 13.2. The number of hydrogen-bond donors (Lipinski definition) is 2. The molecular weight excluding hydrogens is 418 g/mol. The summed E-state index contributed by atoms with van der Waals surface area (Å²) in [4.78, 5) is 31.0. The molecular formula is C26H31N3O4. The number of aliphatic imine (C=N–C) groups is 1. The predicted octanol–water partition coefficient (Wildman–Crippen LogP) is 3.47. The number of rotatable bonds is 9. The fourth-order valence-corrected chi connectivity index (χ4v) is 3.81. The molecule has 0 saturated carbocycles. The number of esters is 1. The lowest BCUT2D eigenvalue weighted by Gasteiger charge is -2.23. The summed E-state index contributed by atoms with van der Waals surface area (Å²) in [7, 11) is 1.38. The number of hydrogen-bond acceptors (Lipinski definition) is 6. The van der Waals surface area contributed by atoms with Crippen LogP contribution in [0.5, 0.6) is 0 Å². The van der Waals surface area contributed by atoms with E-state index in [-0.39, 0.29) is 31.3 Å². The summed E-state index contributed by atoms with van der Waals surface area (Å²) in [6.45, 7) is 3.21. The fourth-order valence-electron chi connectivity index (χ4n) is 3.81. The number of amidine groups is 1. The third-order valence-electron chi connectivity index (χ3n) is 5.50. The molecule has 0 unspecified atom stereocenters. The van der Waals surface area contributed by atoms with E-state index in [0.29, 0.717) is 36.6 Å². The number of aliphatic hydroxyl groups is 1. The number of carbonyl (C=O) groups is 2. The second-order valence-corrected chi connectivity index (χ2v) is 8.04. The van der Waals surface area contributed by atoms with Crippen LogP contribution in [0.3, 0.4) is 0 Å². The zero-order valence-electron chi connectivity index (χ0n) is 19.2. The van der Waals surface area contributed by atoms with Crippen LogP contribution in [0.2, 0.25) is 0 Å². The van der Waals surface area contributed by atoms with E-state index in [2.05, 4.69) is 4.99 Å². The Balaban J connectivity index is 1.87. The van der Waals surface area contributed by atoms with Gasteiger partial charge < -0.3 is 20.5 Å². The summed E-state index contributed by atoms with van der Waals surface area (Å²) in [6.07, 6.45) is 3.76. The largest absolute Gasteiger partial charge is 0.469 e. The SMILES string of the molecule is CCCN(CCCO)C(=O)C1=Cc2ccc(-c3ccc(CC(=O)OC)cc3)cc2N=C(N)C1. The summed E-state index contributed by atoms with van der Waals surface area (Å²) in [6, 6.07) is 13.6. The molecule has 0 atom stereocenters. The molecule has 7 nitrogen and oxygen atoms in total. The lowest BCUT2D eigenvalue weighted by molar-refractivity contribution is -0.139. The molecule has 7 heteroatoms. The van der Waals surface area contributed by atoms with Gasteiger partial charge >= 0.3 is 5.97 Å². The molecule has 0 fully saturated rings. The molecule has 2 aromatic rings. The highest BCUT2D eigenvalue weighted by Gasteiger charge is 2.21. The van der Waals surface area contributed by atoms with Crippen molar-refractivity contribution in [1.29, 1.82) is 0 Å². The summed E-state index contributed by atoms with van der Waals surface area (Å²) in [5, 5.41) is 9.17. The van der Waals surface area contributed by atoms with Gasteiger partial charge in [-0.15, -0.1) is 0 Å². The second kappa shape index (κ2) is 11.4. The molecule has 0 saturated heterocycles. The van der Waals surface area contributed by atoms with E-state index < -0.39 is 0 Å². The molecule has 0 aromatic heterocycles. The number of methoxy groups -OCH3 is 1. The summed E-state index contributed by atoms with van der Waals surface area (Å²) >= 11 is 0. The highest BCUT2D eigenvalue weighted by Crippen LogP contribution is 2.32. The van der Waals surface area contributed by atoms with Crippen LogP contribution in [0.15, 0.2) is 53.0 Å². The first-order chi connectivity index (χ1) is 15.9. The average molecular weight is 450 g/mol. The highest BCUT2D eigenvalue weighted by molar-refractivity contribution is 6.05. The van der Waals surface area contributed by atoms with Gasteiger partial charge in [-0.3, -0.25) is 9.59 Å². The summed E-state index contributed by atoms with van der Waals surface area (Å²) in [5.41, 5.74) is 11.2. The van der Waals surface area contributed by atoms with Crippen molar-refractivity contribution in [2.75, 3.05) is 26.8 Å². The van der Waals surface area contributed by atoms with Crippen LogP contribution in [0.25, 0.3) is 17.2 Å². The smallest absolute Gasteiger partial charge is 0.309 e. The van der Waals surface area contributed by atoms with Crippen molar-refractivity contribution in [1.82, 2.24) is 4.90 Å². The third kappa shape index (κ3) is 6.29. The van der Waals surface area contributed by atoms with Gasteiger partial charge in [-0.05, 0) is 41.7 Å². The monoisotopic (exact) mass is 449 g/mol. The number of ether oxygens (including phenoxy) is 1. The fraction of sp³-hybridized carbons (Fsp3) is 0.346. The quantitative estimate of drug-likeness (QED) is 0.571. The topological polar surface area (TPSA) is 105 Å². The van der Waals surface area contributed by atoms with Crippen LogP contribution < -0.4 is 5.73 Å². The van der Waals surface area contributed by atoms with Crippen LogP contribution in [-0.4, -0.2) is 54.5 Å². The van der Waals surface area contributed by atoms with Gasteiger partial charge in [-0.25, -0.2) is 4.99 Å². The molecule has 1 amide bonds. The molecule has 3 N–H and O–H groups in total. The number of amides is 1. The van der Waals surface area contributed by atoms with Crippen molar-refractivity contribution in [2.45, 2.75) is 32.6 Å². The Hall–Kier alpha value is -3.45. The molecule has 0 aliphatic carbocycles. The van der Waals surface area contributed by atoms with Crippen LogP contribution in [0.1, 0.15) is 37.3 Å². The molecule has 33 heavy (non-hydrogen) atoms. The number of nitrogens with zero attached hydrogens (tertiary/aromatic N) is 2. The molecule has 0 bridgehead atoms. The zero-order valence-corrected chi connectivity index (χ0v) is 19.2. The van der Waals surface area contributed by atoms with Crippen LogP contribution in [-0.2, 0) is 20.7 Å². The van der Waals surface area contributed by atoms with Gasteiger partial charge in [0.2, 0.25) is 5.91 Å². The van der Waals surface area contributed by atoms with E-state index in [1.807, 2.05) is 55.5 Å². The van der Waals surface area contributed by atoms with E-state index in [1.165, 1.54) is 7.11 Å². The van der Waals surface area contributed by atoms with Crippen LogP contribution in [0.4, 0.5) is 5.69 Å². The third-order valence-corrected chi connectivity index (χ3v) is 5.50. The van der Waals surface area contributed by atoms with Gasteiger partial charge in [0.15, 0.2) is 0 Å². The molecule has 174 valence electrons. The first-order valence-electron chi connectivity index (χ1n) is 11.2. The van der Waals surface area contributed by atoms with Crippen LogP contribution in [0, 0.1) is 0 Å². The van der Waals surface area contributed by atoms with E-state index in [4.69, 9.17) is 15.6 Å². The normalized spacial score (nSPS) is 12.8. The summed E-state index contributed by atoms with van der Waals surface area (Å²) < 4.78 is 4.72. The lowest BCUT2D eigenvalue weighted by Crippen LogP contribution is -2.35. The Morgan fingerprint density at radius 1 is 1.12 bits per heavy atom. The zero-order chi connectivity index (χ0) is 23.8. The van der Waals surface area contributed by atoms with Gasteiger partial charge in [-0.2, -0.15) is 0 Å². The number of benzene rings is 2. The van der Waals surface area contributed by atoms with E-state index in [1.54, 1.807) is 4.90 Å². The molecule has 0 spiro atoms. The molecule has 1 aliphatic rings. The van der Waals surface area contributed by atoms with Gasteiger partial charge in [-0.1, -0.05) is 43.3 Å². The Bertz CT molecular complexity index is 1060.